The molecule has 1 unspecified atom stereocenters. The fourth-order valence-electron chi connectivity index (χ4n) is 2.17. The smallest absolute Gasteiger partial charge is 0.334 e. The van der Waals surface area contributed by atoms with Crippen LogP contribution in [-0.4, -0.2) is 28.4 Å². The van der Waals surface area contributed by atoms with Gasteiger partial charge in [-0.15, -0.1) is 0 Å². The summed E-state index contributed by atoms with van der Waals surface area (Å²) in [5, 5.41) is 9.57. The van der Waals surface area contributed by atoms with E-state index in [1.165, 1.54) is 36.9 Å². The van der Waals surface area contributed by atoms with Crippen molar-refractivity contribution in [3.05, 3.63) is 34.1 Å². The van der Waals surface area contributed by atoms with Crippen LogP contribution in [0.3, 0.4) is 0 Å². The van der Waals surface area contributed by atoms with Gasteiger partial charge in [-0.3, -0.25) is 4.79 Å². The highest BCUT2D eigenvalue weighted by Crippen LogP contribution is 2.33. The van der Waals surface area contributed by atoms with E-state index in [9.17, 15) is 19.1 Å². The average Bonchev–Trinajstić information content (AvgIpc) is 2.37. The fraction of sp³-hybridized carbons (Fsp3) is 0.429. The Balaban J connectivity index is 3.51. The number of aliphatic carboxylic acids is 1. The summed E-state index contributed by atoms with van der Waals surface area (Å²) in [5.41, 5.74) is -1.78. The standard InChI is InChI=1S/C14H17BrFNO3/c1-4-7-17(9(2)18)14(3,13(19)20)11-8-10(15)5-6-12(11)16/h5-6,8H,4,7H2,1-3H3,(H,19,20). The summed E-state index contributed by atoms with van der Waals surface area (Å²) in [6.07, 6.45) is 0.581. The summed E-state index contributed by atoms with van der Waals surface area (Å²) < 4.78 is 14.6. The van der Waals surface area contributed by atoms with Crippen molar-refractivity contribution in [1.29, 1.82) is 0 Å². The molecule has 110 valence electrons. The Hall–Kier alpha value is -1.43. The molecule has 1 rings (SSSR count). The second kappa shape index (κ2) is 6.35. The van der Waals surface area contributed by atoms with Crippen LogP contribution >= 0.6 is 15.9 Å². The van der Waals surface area contributed by atoms with Gasteiger partial charge in [0.1, 0.15) is 5.82 Å². The topological polar surface area (TPSA) is 57.6 Å². The summed E-state index contributed by atoms with van der Waals surface area (Å²) in [6.45, 7) is 4.70. The van der Waals surface area contributed by atoms with E-state index >= 15 is 0 Å². The van der Waals surface area contributed by atoms with E-state index in [1.54, 1.807) is 0 Å². The third kappa shape index (κ3) is 3.00. The first-order valence-corrected chi connectivity index (χ1v) is 7.01. The second-order valence-corrected chi connectivity index (χ2v) is 5.59. The summed E-state index contributed by atoms with van der Waals surface area (Å²) in [4.78, 5) is 24.7. The van der Waals surface area contributed by atoms with Crippen molar-refractivity contribution in [2.24, 2.45) is 0 Å². The second-order valence-electron chi connectivity index (χ2n) is 4.67. The summed E-state index contributed by atoms with van der Waals surface area (Å²) in [6, 6.07) is 4.07. The first-order chi connectivity index (χ1) is 9.25. The van der Waals surface area contributed by atoms with Gasteiger partial charge in [-0.05, 0) is 31.5 Å². The molecule has 0 fully saturated rings. The maximum absolute atomic E-state index is 14.1. The van der Waals surface area contributed by atoms with Crippen molar-refractivity contribution in [3.63, 3.8) is 0 Å². The van der Waals surface area contributed by atoms with Gasteiger partial charge in [0.15, 0.2) is 5.54 Å². The maximum Gasteiger partial charge on any atom is 0.334 e. The molecule has 0 spiro atoms. The van der Waals surface area contributed by atoms with Gasteiger partial charge in [-0.25, -0.2) is 9.18 Å². The number of amides is 1. The van der Waals surface area contributed by atoms with E-state index in [0.717, 1.165) is 0 Å². The van der Waals surface area contributed by atoms with E-state index in [-0.39, 0.29) is 12.1 Å². The van der Waals surface area contributed by atoms with Gasteiger partial charge in [-0.2, -0.15) is 0 Å². The Morgan fingerprint density at radius 1 is 1.45 bits per heavy atom. The Morgan fingerprint density at radius 2 is 2.05 bits per heavy atom. The van der Waals surface area contributed by atoms with Gasteiger partial charge in [0.05, 0.1) is 0 Å². The minimum absolute atomic E-state index is 0.0389. The van der Waals surface area contributed by atoms with Crippen LogP contribution in [0.2, 0.25) is 0 Å². The Labute approximate surface area is 125 Å². The Kier molecular flexibility index (Phi) is 5.28. The van der Waals surface area contributed by atoms with Crippen LogP contribution in [0.1, 0.15) is 32.8 Å². The number of carbonyl (C=O) groups excluding carboxylic acids is 1. The fourth-order valence-corrected chi connectivity index (χ4v) is 2.53. The molecule has 0 aliphatic rings. The number of rotatable bonds is 5. The predicted octanol–water partition coefficient (Wildman–Crippen LogP) is 3.15. The van der Waals surface area contributed by atoms with Gasteiger partial charge in [-0.1, -0.05) is 22.9 Å². The zero-order valence-electron chi connectivity index (χ0n) is 11.6. The first kappa shape index (κ1) is 16.6. The lowest BCUT2D eigenvalue weighted by Gasteiger charge is -2.38. The molecule has 0 saturated heterocycles. The van der Waals surface area contributed by atoms with Crippen LogP contribution in [-0.2, 0) is 15.1 Å². The normalized spacial score (nSPS) is 13.7. The molecular weight excluding hydrogens is 329 g/mol. The van der Waals surface area contributed by atoms with Crippen LogP contribution in [0.5, 0.6) is 0 Å². The van der Waals surface area contributed by atoms with E-state index in [0.29, 0.717) is 10.9 Å². The highest BCUT2D eigenvalue weighted by molar-refractivity contribution is 9.10. The minimum Gasteiger partial charge on any atom is -0.479 e. The van der Waals surface area contributed by atoms with Crippen molar-refractivity contribution in [1.82, 2.24) is 4.90 Å². The maximum atomic E-state index is 14.1. The van der Waals surface area contributed by atoms with E-state index in [4.69, 9.17) is 0 Å². The van der Waals surface area contributed by atoms with E-state index in [1.807, 2.05) is 6.92 Å². The number of nitrogens with zero attached hydrogens (tertiary/aromatic N) is 1. The Bertz CT molecular complexity index is 535. The number of hydrogen-bond acceptors (Lipinski definition) is 2. The molecule has 0 aliphatic heterocycles. The molecule has 1 aromatic rings. The number of carboxylic acid groups (broad SMARTS) is 1. The third-order valence-corrected chi connectivity index (χ3v) is 3.73. The van der Waals surface area contributed by atoms with E-state index in [2.05, 4.69) is 15.9 Å². The van der Waals surface area contributed by atoms with Crippen LogP contribution in [0, 0.1) is 5.82 Å². The molecular formula is C14H17BrFNO3. The van der Waals surface area contributed by atoms with Gasteiger partial charge in [0, 0.05) is 23.5 Å². The highest BCUT2D eigenvalue weighted by atomic mass is 79.9. The molecule has 0 aromatic heterocycles. The molecule has 1 atom stereocenters. The van der Waals surface area contributed by atoms with Crippen molar-refractivity contribution >= 4 is 27.8 Å². The number of carbonyl (C=O) groups is 2. The first-order valence-electron chi connectivity index (χ1n) is 6.22. The molecule has 0 aliphatic carbocycles. The van der Waals surface area contributed by atoms with Crippen molar-refractivity contribution in [3.8, 4) is 0 Å². The molecule has 4 nitrogen and oxygen atoms in total. The molecule has 0 heterocycles. The summed E-state index contributed by atoms with van der Waals surface area (Å²) in [7, 11) is 0. The molecule has 0 radical (unpaired) electrons. The number of hydrogen-bond donors (Lipinski definition) is 1. The van der Waals surface area contributed by atoms with Gasteiger partial charge < -0.3 is 10.0 Å². The van der Waals surface area contributed by atoms with Gasteiger partial charge in [0.2, 0.25) is 5.91 Å². The molecule has 1 N–H and O–H groups in total. The van der Waals surface area contributed by atoms with E-state index < -0.39 is 23.2 Å². The summed E-state index contributed by atoms with van der Waals surface area (Å²) >= 11 is 3.20. The lowest BCUT2D eigenvalue weighted by molar-refractivity contribution is -0.158. The average molecular weight is 346 g/mol. The quantitative estimate of drug-likeness (QED) is 0.891. The van der Waals surface area contributed by atoms with Crippen LogP contribution < -0.4 is 0 Å². The number of benzene rings is 1. The lowest BCUT2D eigenvalue weighted by Crippen LogP contribution is -2.52. The summed E-state index contributed by atoms with van der Waals surface area (Å²) in [5.74, 6) is -2.32. The molecule has 1 amide bonds. The van der Waals surface area contributed by atoms with Gasteiger partial charge >= 0.3 is 5.97 Å². The van der Waals surface area contributed by atoms with Gasteiger partial charge in [0.25, 0.3) is 0 Å². The largest absolute Gasteiger partial charge is 0.479 e. The zero-order valence-corrected chi connectivity index (χ0v) is 13.2. The van der Waals surface area contributed by atoms with Crippen molar-refractivity contribution in [2.45, 2.75) is 32.7 Å². The predicted molar refractivity (Wildman–Crippen MR) is 76.8 cm³/mol. The minimum atomic E-state index is -1.74. The monoisotopic (exact) mass is 345 g/mol. The third-order valence-electron chi connectivity index (χ3n) is 3.24. The molecule has 0 saturated carbocycles. The van der Waals surface area contributed by atoms with Crippen molar-refractivity contribution in [2.75, 3.05) is 6.54 Å². The number of halogens is 2. The van der Waals surface area contributed by atoms with Crippen LogP contribution in [0.15, 0.2) is 22.7 Å². The zero-order chi connectivity index (χ0) is 15.5. The molecule has 20 heavy (non-hydrogen) atoms. The molecule has 0 bridgehead atoms. The number of carboxylic acids is 1. The molecule has 1 aromatic carbocycles. The lowest BCUT2D eigenvalue weighted by atomic mass is 9.89. The van der Waals surface area contributed by atoms with Crippen LogP contribution in [0.4, 0.5) is 4.39 Å². The SMILES string of the molecule is CCCN(C(C)=O)C(C)(C(=O)O)c1cc(Br)ccc1F. The van der Waals surface area contributed by atoms with Crippen molar-refractivity contribution < 1.29 is 19.1 Å². The van der Waals surface area contributed by atoms with Crippen LogP contribution in [0.25, 0.3) is 0 Å². The molecule has 6 heteroatoms. The Morgan fingerprint density at radius 3 is 2.50 bits per heavy atom. The highest BCUT2D eigenvalue weighted by Gasteiger charge is 2.44.